The van der Waals surface area contributed by atoms with Crippen LogP contribution >= 0.6 is 0 Å². The fourth-order valence-electron chi connectivity index (χ4n) is 5.67. The number of rotatable bonds is 6. The third-order valence-electron chi connectivity index (χ3n) is 7.66. The Morgan fingerprint density at radius 3 is 2.49 bits per heavy atom. The molecule has 186 valence electrons. The summed E-state index contributed by atoms with van der Waals surface area (Å²) in [5.41, 5.74) is 8.68. The zero-order chi connectivity index (χ0) is 24.2. The number of anilines is 1. The molecule has 35 heavy (non-hydrogen) atoms. The molecule has 2 aromatic rings. The van der Waals surface area contributed by atoms with Crippen LogP contribution < -0.4 is 20.5 Å². The third-order valence-corrected chi connectivity index (χ3v) is 7.66. The minimum atomic E-state index is -0.227. The normalized spacial score (nSPS) is 22.0. The quantitative estimate of drug-likeness (QED) is 0.621. The van der Waals surface area contributed by atoms with Gasteiger partial charge in [-0.1, -0.05) is 50.3 Å². The second-order valence-corrected chi connectivity index (χ2v) is 10.00. The first-order valence-electron chi connectivity index (χ1n) is 12.9. The van der Waals surface area contributed by atoms with E-state index in [0.29, 0.717) is 29.3 Å². The van der Waals surface area contributed by atoms with E-state index in [-0.39, 0.29) is 36.6 Å². The molecule has 0 spiro atoms. The van der Waals surface area contributed by atoms with Crippen LogP contribution in [0.4, 0.5) is 5.69 Å². The van der Waals surface area contributed by atoms with Gasteiger partial charge in [-0.15, -0.1) is 0 Å². The second-order valence-electron chi connectivity index (χ2n) is 10.00. The number of amides is 2. The molecule has 0 radical (unpaired) electrons. The Bertz CT molecular complexity index is 1070. The smallest absolute Gasteiger partial charge is 0.255 e. The van der Waals surface area contributed by atoms with Gasteiger partial charge in [0.05, 0.1) is 0 Å². The van der Waals surface area contributed by atoms with Crippen molar-refractivity contribution in [1.29, 1.82) is 0 Å². The van der Waals surface area contributed by atoms with Gasteiger partial charge < -0.3 is 25.4 Å². The number of hydrogen-bond donors (Lipinski definition) is 2. The SMILES string of the molecule is NC1CCCCC1N(Cc1ccccc1NC(=O)c1ccc2c(c1)OCO2)C(=O)C1CCCCC1. The summed E-state index contributed by atoms with van der Waals surface area (Å²) in [6.45, 7) is 0.614. The Balaban J connectivity index is 1.37. The van der Waals surface area contributed by atoms with Crippen molar-refractivity contribution in [1.82, 2.24) is 4.90 Å². The first kappa shape index (κ1) is 23.7. The Kier molecular flexibility index (Phi) is 7.23. The van der Waals surface area contributed by atoms with E-state index < -0.39 is 0 Å². The van der Waals surface area contributed by atoms with Gasteiger partial charge in [0, 0.05) is 35.8 Å². The number of fused-ring (bicyclic) bond motifs is 1. The van der Waals surface area contributed by atoms with Crippen molar-refractivity contribution in [2.75, 3.05) is 12.1 Å². The van der Waals surface area contributed by atoms with Crippen LogP contribution in [0.25, 0.3) is 0 Å². The lowest BCUT2D eigenvalue weighted by atomic mass is 9.85. The summed E-state index contributed by atoms with van der Waals surface area (Å²) in [4.78, 5) is 28.9. The third kappa shape index (κ3) is 5.30. The number of hydrogen-bond acceptors (Lipinski definition) is 5. The summed E-state index contributed by atoms with van der Waals surface area (Å²) in [6.07, 6.45) is 9.45. The highest BCUT2D eigenvalue weighted by atomic mass is 16.7. The molecule has 1 aliphatic heterocycles. The highest BCUT2D eigenvalue weighted by Crippen LogP contribution is 2.34. The van der Waals surface area contributed by atoms with Crippen LogP contribution in [0.3, 0.4) is 0 Å². The minimum Gasteiger partial charge on any atom is -0.454 e. The predicted octanol–water partition coefficient (Wildman–Crippen LogP) is 4.85. The topological polar surface area (TPSA) is 93.9 Å². The molecule has 2 fully saturated rings. The average Bonchev–Trinajstić information content (AvgIpc) is 3.37. The summed E-state index contributed by atoms with van der Waals surface area (Å²) in [6, 6.07) is 12.9. The van der Waals surface area contributed by atoms with Gasteiger partial charge in [0.2, 0.25) is 12.7 Å². The number of ether oxygens (including phenoxy) is 2. The minimum absolute atomic E-state index is 0.00771. The van der Waals surface area contributed by atoms with Crippen molar-refractivity contribution < 1.29 is 19.1 Å². The number of para-hydroxylation sites is 1. The maximum Gasteiger partial charge on any atom is 0.255 e. The largest absolute Gasteiger partial charge is 0.454 e. The molecule has 0 bridgehead atoms. The van der Waals surface area contributed by atoms with E-state index in [0.717, 1.165) is 56.9 Å². The van der Waals surface area contributed by atoms with E-state index in [2.05, 4.69) is 5.32 Å². The average molecular weight is 478 g/mol. The van der Waals surface area contributed by atoms with Crippen LogP contribution in [0.5, 0.6) is 11.5 Å². The van der Waals surface area contributed by atoms with E-state index >= 15 is 0 Å². The van der Waals surface area contributed by atoms with Gasteiger partial charge >= 0.3 is 0 Å². The summed E-state index contributed by atoms with van der Waals surface area (Å²) in [5, 5.41) is 3.05. The van der Waals surface area contributed by atoms with Crippen molar-refractivity contribution in [3.8, 4) is 11.5 Å². The molecule has 0 saturated heterocycles. The van der Waals surface area contributed by atoms with Crippen LogP contribution in [0, 0.1) is 5.92 Å². The molecule has 0 aromatic heterocycles. The molecule has 7 nitrogen and oxygen atoms in total. The van der Waals surface area contributed by atoms with E-state index in [1.807, 2.05) is 29.2 Å². The Morgan fingerprint density at radius 2 is 1.66 bits per heavy atom. The number of nitrogens with one attached hydrogen (secondary N) is 1. The van der Waals surface area contributed by atoms with Crippen molar-refractivity contribution in [3.63, 3.8) is 0 Å². The lowest BCUT2D eigenvalue weighted by Crippen LogP contribution is -2.53. The summed E-state index contributed by atoms with van der Waals surface area (Å²) >= 11 is 0. The lowest BCUT2D eigenvalue weighted by molar-refractivity contribution is -0.140. The van der Waals surface area contributed by atoms with Crippen LogP contribution in [-0.2, 0) is 11.3 Å². The number of carbonyl (C=O) groups is 2. The molecule has 2 atom stereocenters. The molecular formula is C28H35N3O4. The summed E-state index contributed by atoms with van der Waals surface area (Å²) in [7, 11) is 0. The fourth-order valence-corrected chi connectivity index (χ4v) is 5.67. The first-order valence-corrected chi connectivity index (χ1v) is 12.9. The molecular weight excluding hydrogens is 442 g/mol. The molecule has 2 aliphatic carbocycles. The number of carbonyl (C=O) groups excluding carboxylic acids is 2. The number of benzene rings is 2. The van der Waals surface area contributed by atoms with Crippen molar-refractivity contribution in [3.05, 3.63) is 53.6 Å². The summed E-state index contributed by atoms with van der Waals surface area (Å²) < 4.78 is 10.8. The van der Waals surface area contributed by atoms with E-state index in [4.69, 9.17) is 15.2 Å². The Morgan fingerprint density at radius 1 is 0.914 bits per heavy atom. The highest BCUT2D eigenvalue weighted by Gasteiger charge is 2.35. The second kappa shape index (κ2) is 10.7. The van der Waals surface area contributed by atoms with E-state index in [1.54, 1.807) is 18.2 Å². The molecule has 3 N–H and O–H groups in total. The number of nitrogens with two attached hydrogens (primary N) is 1. The van der Waals surface area contributed by atoms with Gasteiger partial charge in [-0.3, -0.25) is 9.59 Å². The Labute approximate surface area is 207 Å². The van der Waals surface area contributed by atoms with Crippen molar-refractivity contribution in [2.45, 2.75) is 76.4 Å². The molecule has 2 amide bonds. The first-order chi connectivity index (χ1) is 17.1. The molecule has 5 rings (SSSR count). The van der Waals surface area contributed by atoms with Gasteiger partial charge in [-0.25, -0.2) is 0 Å². The molecule has 2 saturated carbocycles. The van der Waals surface area contributed by atoms with Gasteiger partial charge in [-0.2, -0.15) is 0 Å². The van der Waals surface area contributed by atoms with E-state index in [1.165, 1.54) is 6.42 Å². The highest BCUT2D eigenvalue weighted by molar-refractivity contribution is 6.05. The van der Waals surface area contributed by atoms with Gasteiger partial charge in [0.15, 0.2) is 11.5 Å². The van der Waals surface area contributed by atoms with Crippen molar-refractivity contribution in [2.24, 2.45) is 11.7 Å². The van der Waals surface area contributed by atoms with Crippen LogP contribution in [-0.4, -0.2) is 35.6 Å². The maximum atomic E-state index is 13.8. The van der Waals surface area contributed by atoms with E-state index in [9.17, 15) is 9.59 Å². The predicted molar refractivity (Wildman–Crippen MR) is 134 cm³/mol. The standard InChI is InChI=1S/C28H35N3O4/c29-22-11-5-7-13-24(22)31(28(33)19-8-2-1-3-9-19)17-21-10-4-6-12-23(21)30-27(32)20-14-15-25-26(16-20)35-18-34-25/h4,6,10,12,14-16,19,22,24H,1-3,5,7-9,11,13,17-18,29H2,(H,30,32). The van der Waals surface area contributed by atoms with Gasteiger partial charge in [0.1, 0.15) is 0 Å². The summed E-state index contributed by atoms with van der Waals surface area (Å²) in [5.74, 6) is 1.29. The molecule has 2 aromatic carbocycles. The molecule has 7 heteroatoms. The van der Waals surface area contributed by atoms with Crippen LogP contribution in [0.15, 0.2) is 42.5 Å². The van der Waals surface area contributed by atoms with Gasteiger partial charge in [0.25, 0.3) is 5.91 Å². The van der Waals surface area contributed by atoms with Crippen LogP contribution in [0.1, 0.15) is 73.7 Å². The number of nitrogens with zero attached hydrogens (tertiary/aromatic N) is 1. The monoisotopic (exact) mass is 477 g/mol. The van der Waals surface area contributed by atoms with Crippen molar-refractivity contribution >= 4 is 17.5 Å². The maximum absolute atomic E-state index is 13.8. The Hall–Kier alpha value is -3.06. The zero-order valence-electron chi connectivity index (χ0n) is 20.2. The molecule has 2 unspecified atom stereocenters. The fraction of sp³-hybridized carbons (Fsp3) is 0.500. The molecule has 1 heterocycles. The lowest BCUT2D eigenvalue weighted by Gasteiger charge is -2.41. The van der Waals surface area contributed by atoms with Gasteiger partial charge in [-0.05, 0) is 55.5 Å². The van der Waals surface area contributed by atoms with Crippen LogP contribution in [0.2, 0.25) is 0 Å². The molecule has 3 aliphatic rings. The zero-order valence-corrected chi connectivity index (χ0v) is 20.2.